The fourth-order valence-corrected chi connectivity index (χ4v) is 3.21. The normalized spacial score (nSPS) is 11.8. The average molecular weight is 348 g/mol. The Bertz CT molecular complexity index is 231. The summed E-state index contributed by atoms with van der Waals surface area (Å²) in [5.74, 6) is -0.0635. The highest BCUT2D eigenvalue weighted by atomic mass is 79.9. The van der Waals surface area contributed by atoms with E-state index in [1.165, 1.54) is 38.5 Å². The van der Waals surface area contributed by atoms with Crippen LogP contribution in [0.1, 0.15) is 90.9 Å². The third-order valence-corrected chi connectivity index (χ3v) is 4.89. The minimum Gasteiger partial charge on any atom is -0.369 e. The highest BCUT2D eigenvalue weighted by Gasteiger charge is 2.34. The van der Waals surface area contributed by atoms with E-state index in [-0.39, 0.29) is 11.3 Å². The summed E-state index contributed by atoms with van der Waals surface area (Å²) in [6, 6.07) is 0. The minimum absolute atomic E-state index is 0.0635. The molecule has 0 aliphatic heterocycles. The molecule has 0 aliphatic rings. The van der Waals surface area contributed by atoms with Crippen LogP contribution in [0.3, 0.4) is 0 Å². The molecule has 0 aromatic carbocycles. The smallest absolute Gasteiger partial charge is 0.223 e. The molecular formula is C17H34BrNO. The number of nitrogens with two attached hydrogens (primary N) is 1. The molecule has 2 nitrogen and oxygen atoms in total. The Hall–Kier alpha value is -0.0500. The molecule has 0 aromatic heterocycles. The van der Waals surface area contributed by atoms with Crippen LogP contribution in [0.2, 0.25) is 0 Å². The Balaban J connectivity index is 4.46. The maximum Gasteiger partial charge on any atom is 0.223 e. The number of carbonyl (C=O) groups excluding carboxylic acids is 1. The number of primary amides is 1. The Morgan fingerprint density at radius 1 is 0.850 bits per heavy atom. The summed E-state index contributed by atoms with van der Waals surface area (Å²) in [7, 11) is 0. The molecule has 0 heterocycles. The van der Waals surface area contributed by atoms with Gasteiger partial charge in [0.1, 0.15) is 0 Å². The molecule has 0 aromatic rings. The molecular weight excluding hydrogens is 314 g/mol. The minimum atomic E-state index is -0.241. The van der Waals surface area contributed by atoms with Crippen LogP contribution in [-0.4, -0.2) is 11.2 Å². The highest BCUT2D eigenvalue weighted by Crippen LogP contribution is 2.36. The molecule has 120 valence electrons. The summed E-state index contributed by atoms with van der Waals surface area (Å²) in [5, 5.41) is 0.964. The van der Waals surface area contributed by atoms with Crippen molar-refractivity contribution in [2.24, 2.45) is 11.1 Å². The number of alkyl halides is 1. The lowest BCUT2D eigenvalue weighted by molar-refractivity contribution is -0.129. The zero-order valence-electron chi connectivity index (χ0n) is 13.6. The Labute approximate surface area is 134 Å². The van der Waals surface area contributed by atoms with E-state index in [4.69, 9.17) is 5.73 Å². The molecule has 2 N–H and O–H groups in total. The van der Waals surface area contributed by atoms with Crippen molar-refractivity contribution in [3.05, 3.63) is 0 Å². The summed E-state index contributed by atoms with van der Waals surface area (Å²) < 4.78 is 0. The number of carbonyl (C=O) groups is 1. The maximum absolute atomic E-state index is 12.1. The van der Waals surface area contributed by atoms with Gasteiger partial charge in [0.05, 0.1) is 0 Å². The Morgan fingerprint density at radius 3 is 1.65 bits per heavy atom. The fraction of sp³-hybridized carbons (Fsp3) is 0.941. The van der Waals surface area contributed by atoms with Gasteiger partial charge in [-0.05, 0) is 25.7 Å². The van der Waals surface area contributed by atoms with E-state index in [0.717, 1.165) is 43.9 Å². The number of unbranched alkanes of at least 4 members (excludes halogenated alkanes) is 6. The molecule has 0 fully saturated rings. The van der Waals surface area contributed by atoms with Crippen molar-refractivity contribution < 1.29 is 4.79 Å². The zero-order valence-corrected chi connectivity index (χ0v) is 15.1. The summed E-state index contributed by atoms with van der Waals surface area (Å²) >= 11 is 3.49. The molecule has 20 heavy (non-hydrogen) atoms. The second-order valence-corrected chi connectivity index (χ2v) is 6.85. The van der Waals surface area contributed by atoms with Crippen molar-refractivity contribution in [3.63, 3.8) is 0 Å². The lowest BCUT2D eigenvalue weighted by Crippen LogP contribution is -2.37. The summed E-state index contributed by atoms with van der Waals surface area (Å²) in [6.45, 7) is 4.44. The van der Waals surface area contributed by atoms with Crippen molar-refractivity contribution in [2.45, 2.75) is 90.9 Å². The molecule has 0 unspecified atom stereocenters. The maximum atomic E-state index is 12.1. The van der Waals surface area contributed by atoms with Crippen LogP contribution in [-0.2, 0) is 4.79 Å². The van der Waals surface area contributed by atoms with E-state index in [0.29, 0.717) is 0 Å². The van der Waals surface area contributed by atoms with Crippen molar-refractivity contribution in [3.8, 4) is 0 Å². The summed E-state index contributed by atoms with van der Waals surface area (Å²) in [5.41, 5.74) is 5.55. The molecule has 0 aliphatic carbocycles. The second kappa shape index (κ2) is 12.7. The molecule has 0 atom stereocenters. The van der Waals surface area contributed by atoms with Gasteiger partial charge in [-0.2, -0.15) is 0 Å². The second-order valence-electron chi connectivity index (χ2n) is 6.06. The van der Waals surface area contributed by atoms with E-state index >= 15 is 0 Å². The van der Waals surface area contributed by atoms with Gasteiger partial charge >= 0.3 is 0 Å². The molecule has 0 saturated heterocycles. The Morgan fingerprint density at radius 2 is 1.30 bits per heavy atom. The van der Waals surface area contributed by atoms with Crippen LogP contribution in [0, 0.1) is 5.41 Å². The predicted octanol–water partition coefficient (Wildman–Crippen LogP) is 5.57. The average Bonchev–Trinajstić information content (AvgIpc) is 2.44. The van der Waals surface area contributed by atoms with Crippen LogP contribution in [0.25, 0.3) is 0 Å². The van der Waals surface area contributed by atoms with Crippen molar-refractivity contribution in [2.75, 3.05) is 5.33 Å². The van der Waals surface area contributed by atoms with Crippen molar-refractivity contribution in [1.29, 1.82) is 0 Å². The number of hydrogen-bond acceptors (Lipinski definition) is 1. The standard InChI is InChI=1S/C17H34BrNO/c1-3-5-7-9-12-17(16(19)20,14-11-15-18)13-10-8-6-4-2/h3-15H2,1-2H3,(H2,19,20). The van der Waals surface area contributed by atoms with E-state index in [1.54, 1.807) is 0 Å². The van der Waals surface area contributed by atoms with Crippen LogP contribution in [0.5, 0.6) is 0 Å². The van der Waals surface area contributed by atoms with Crippen LogP contribution < -0.4 is 5.73 Å². The van der Waals surface area contributed by atoms with Crippen molar-refractivity contribution >= 4 is 21.8 Å². The molecule has 0 saturated carbocycles. The highest BCUT2D eigenvalue weighted by molar-refractivity contribution is 9.09. The van der Waals surface area contributed by atoms with Gasteiger partial charge in [-0.3, -0.25) is 4.79 Å². The predicted molar refractivity (Wildman–Crippen MR) is 92.2 cm³/mol. The van der Waals surface area contributed by atoms with E-state index < -0.39 is 0 Å². The topological polar surface area (TPSA) is 43.1 Å². The lowest BCUT2D eigenvalue weighted by atomic mass is 9.74. The van der Waals surface area contributed by atoms with Crippen molar-refractivity contribution in [1.82, 2.24) is 0 Å². The molecule has 0 rings (SSSR count). The molecule has 0 bridgehead atoms. The molecule has 0 radical (unpaired) electrons. The first kappa shape index (κ1) is 19.9. The van der Waals surface area contributed by atoms with Gasteiger partial charge < -0.3 is 5.73 Å². The number of halogens is 1. The van der Waals surface area contributed by atoms with Gasteiger partial charge in [0.2, 0.25) is 5.91 Å². The van der Waals surface area contributed by atoms with E-state index in [9.17, 15) is 4.79 Å². The van der Waals surface area contributed by atoms with Crippen LogP contribution >= 0.6 is 15.9 Å². The van der Waals surface area contributed by atoms with Gasteiger partial charge in [0, 0.05) is 10.7 Å². The van der Waals surface area contributed by atoms with Crippen LogP contribution in [0.15, 0.2) is 0 Å². The third-order valence-electron chi connectivity index (χ3n) is 4.33. The first-order valence-corrected chi connectivity index (χ1v) is 9.61. The fourth-order valence-electron chi connectivity index (χ4n) is 2.93. The SMILES string of the molecule is CCCCCCC(CCCBr)(CCCCCC)C(N)=O. The molecule has 1 amide bonds. The van der Waals surface area contributed by atoms with E-state index in [1.807, 2.05) is 0 Å². The van der Waals surface area contributed by atoms with Gasteiger partial charge in [0.15, 0.2) is 0 Å². The monoisotopic (exact) mass is 347 g/mol. The number of amides is 1. The lowest BCUT2D eigenvalue weighted by Gasteiger charge is -2.31. The van der Waals surface area contributed by atoms with Gasteiger partial charge in [-0.25, -0.2) is 0 Å². The first-order chi connectivity index (χ1) is 9.63. The zero-order chi connectivity index (χ0) is 15.3. The number of rotatable bonds is 14. The molecule has 3 heteroatoms. The molecule has 0 spiro atoms. The quantitative estimate of drug-likeness (QED) is 0.323. The van der Waals surface area contributed by atoms with E-state index in [2.05, 4.69) is 29.8 Å². The van der Waals surface area contributed by atoms with Gasteiger partial charge in [-0.1, -0.05) is 81.1 Å². The summed E-state index contributed by atoms with van der Waals surface area (Å²) in [4.78, 5) is 12.1. The summed E-state index contributed by atoms with van der Waals surface area (Å²) in [6.07, 6.45) is 13.7. The van der Waals surface area contributed by atoms with Crippen LogP contribution in [0.4, 0.5) is 0 Å². The largest absolute Gasteiger partial charge is 0.369 e. The Kier molecular flexibility index (Phi) is 12.6. The third kappa shape index (κ3) is 8.28. The number of hydrogen-bond donors (Lipinski definition) is 1. The van der Waals surface area contributed by atoms with Gasteiger partial charge in [-0.15, -0.1) is 0 Å². The first-order valence-electron chi connectivity index (χ1n) is 8.48. The van der Waals surface area contributed by atoms with Gasteiger partial charge in [0.25, 0.3) is 0 Å².